The number of carboxylic acids is 1. The third kappa shape index (κ3) is 4.87. The molecule has 0 aliphatic heterocycles. The van der Waals surface area contributed by atoms with Crippen molar-refractivity contribution in [3.63, 3.8) is 0 Å². The highest BCUT2D eigenvalue weighted by molar-refractivity contribution is 5.87. The van der Waals surface area contributed by atoms with Crippen LogP contribution in [-0.4, -0.2) is 32.9 Å². The van der Waals surface area contributed by atoms with Gasteiger partial charge in [0.1, 0.15) is 0 Å². The van der Waals surface area contributed by atoms with Gasteiger partial charge in [-0.2, -0.15) is 18.3 Å². The maximum absolute atomic E-state index is 13.5. The average molecular weight is 383 g/mol. The number of benzene rings is 1. The van der Waals surface area contributed by atoms with Gasteiger partial charge in [0.2, 0.25) is 5.91 Å². The van der Waals surface area contributed by atoms with Crippen molar-refractivity contribution in [2.75, 3.05) is 0 Å². The van der Waals surface area contributed by atoms with Crippen molar-refractivity contribution in [1.29, 1.82) is 0 Å². The number of hydrogen-bond acceptors (Lipinski definition) is 3. The Morgan fingerprint density at radius 1 is 1.22 bits per heavy atom. The van der Waals surface area contributed by atoms with Gasteiger partial charge in [-0.1, -0.05) is 12.1 Å². The van der Waals surface area contributed by atoms with E-state index in [9.17, 15) is 22.8 Å². The summed E-state index contributed by atoms with van der Waals surface area (Å²) < 4.78 is 41.9. The molecule has 0 spiro atoms. The van der Waals surface area contributed by atoms with Crippen molar-refractivity contribution in [3.05, 3.63) is 52.3 Å². The number of amides is 1. The summed E-state index contributed by atoms with van der Waals surface area (Å²) in [4.78, 5) is 22.9. The fourth-order valence-electron chi connectivity index (χ4n) is 2.83. The number of nitrogens with zero attached hydrogens (tertiary/aromatic N) is 2. The maximum Gasteiger partial charge on any atom is 0.413 e. The normalized spacial score (nSPS) is 12.7. The lowest BCUT2D eigenvalue weighted by molar-refractivity contribution is -0.163. The summed E-state index contributed by atoms with van der Waals surface area (Å²) in [6, 6.07) is 3.71. The summed E-state index contributed by atoms with van der Waals surface area (Å²) in [5.41, 5.74) is 1.25. The fraction of sp³-hybridized carbons (Fsp3) is 0.389. The zero-order chi connectivity index (χ0) is 20.4. The van der Waals surface area contributed by atoms with E-state index in [4.69, 9.17) is 5.11 Å². The van der Waals surface area contributed by atoms with Gasteiger partial charge in [0.25, 0.3) is 0 Å². The molecule has 1 amide bonds. The minimum atomic E-state index is -4.66. The lowest BCUT2D eigenvalue weighted by atomic mass is 10.0. The van der Waals surface area contributed by atoms with Gasteiger partial charge in [0.05, 0.1) is 11.3 Å². The van der Waals surface area contributed by atoms with E-state index in [2.05, 4.69) is 10.4 Å². The number of halogens is 3. The van der Waals surface area contributed by atoms with E-state index in [0.717, 1.165) is 0 Å². The first kappa shape index (κ1) is 20.5. The number of alkyl halides is 3. The van der Waals surface area contributed by atoms with Crippen molar-refractivity contribution in [2.24, 2.45) is 7.05 Å². The SMILES string of the molecule is Cc1nn(C)c(C)c1C(NC(=O)CCc1ccc(C(=O)O)cc1)C(F)(F)F. The fourth-order valence-corrected chi connectivity index (χ4v) is 2.83. The summed E-state index contributed by atoms with van der Waals surface area (Å²) in [6.45, 7) is 2.99. The molecule has 9 heteroatoms. The largest absolute Gasteiger partial charge is 0.478 e. The topological polar surface area (TPSA) is 84.2 Å². The van der Waals surface area contributed by atoms with Crippen molar-refractivity contribution in [2.45, 2.75) is 38.9 Å². The van der Waals surface area contributed by atoms with Gasteiger partial charge < -0.3 is 10.4 Å². The van der Waals surface area contributed by atoms with Gasteiger partial charge in [-0.3, -0.25) is 9.48 Å². The van der Waals surface area contributed by atoms with Gasteiger partial charge in [-0.25, -0.2) is 4.79 Å². The molecule has 27 heavy (non-hydrogen) atoms. The van der Waals surface area contributed by atoms with Crippen LogP contribution < -0.4 is 5.32 Å². The zero-order valence-electron chi connectivity index (χ0n) is 15.1. The van der Waals surface area contributed by atoms with Crippen LogP contribution in [0.1, 0.15) is 45.3 Å². The van der Waals surface area contributed by atoms with Gasteiger partial charge in [-0.05, 0) is 38.0 Å². The summed E-state index contributed by atoms with van der Waals surface area (Å²) >= 11 is 0. The molecule has 146 valence electrons. The molecule has 0 saturated carbocycles. The molecule has 2 aromatic rings. The Bertz CT molecular complexity index is 842. The highest BCUT2D eigenvalue weighted by Gasteiger charge is 2.44. The Morgan fingerprint density at radius 2 is 1.81 bits per heavy atom. The Labute approximate surface area is 154 Å². The summed E-state index contributed by atoms with van der Waals surface area (Å²) in [5.74, 6) is -1.82. The molecule has 0 radical (unpaired) electrons. The van der Waals surface area contributed by atoms with Gasteiger partial charge >= 0.3 is 12.1 Å². The number of carboxylic acid groups (broad SMARTS) is 1. The quantitative estimate of drug-likeness (QED) is 0.803. The molecule has 1 heterocycles. The molecule has 1 aromatic carbocycles. The zero-order valence-corrected chi connectivity index (χ0v) is 15.1. The van der Waals surface area contributed by atoms with E-state index < -0.39 is 24.1 Å². The Morgan fingerprint density at radius 3 is 2.26 bits per heavy atom. The molecule has 2 N–H and O–H groups in total. The van der Waals surface area contributed by atoms with Crippen LogP contribution in [0, 0.1) is 13.8 Å². The molecular weight excluding hydrogens is 363 g/mol. The van der Waals surface area contributed by atoms with Crippen molar-refractivity contribution in [3.8, 4) is 0 Å². The Hall–Kier alpha value is -2.84. The van der Waals surface area contributed by atoms with Gasteiger partial charge in [0, 0.05) is 24.7 Å². The lowest BCUT2D eigenvalue weighted by Crippen LogP contribution is -2.38. The Kier molecular flexibility index (Phi) is 5.92. The third-order valence-electron chi connectivity index (χ3n) is 4.33. The first-order chi connectivity index (χ1) is 12.5. The molecule has 2 rings (SSSR count). The minimum absolute atomic E-state index is 0.0517. The number of aromatic carboxylic acids is 1. The van der Waals surface area contributed by atoms with Crippen LogP contribution >= 0.6 is 0 Å². The molecule has 0 aliphatic rings. The number of aromatic nitrogens is 2. The average Bonchev–Trinajstić information content (AvgIpc) is 2.82. The molecule has 6 nitrogen and oxygen atoms in total. The molecule has 0 fully saturated rings. The summed E-state index contributed by atoms with van der Waals surface area (Å²) in [7, 11) is 1.54. The molecular formula is C18H20F3N3O3. The summed E-state index contributed by atoms with van der Waals surface area (Å²) in [6.07, 6.45) is -4.62. The number of hydrogen-bond donors (Lipinski definition) is 2. The van der Waals surface area contributed by atoms with Crippen LogP contribution in [0.15, 0.2) is 24.3 Å². The third-order valence-corrected chi connectivity index (χ3v) is 4.33. The van der Waals surface area contributed by atoms with E-state index in [-0.39, 0.29) is 29.7 Å². The molecule has 1 aromatic heterocycles. The maximum atomic E-state index is 13.5. The van der Waals surface area contributed by atoms with E-state index in [1.165, 1.54) is 42.8 Å². The van der Waals surface area contributed by atoms with Crippen LogP contribution in [0.2, 0.25) is 0 Å². The van der Waals surface area contributed by atoms with Crippen molar-refractivity contribution >= 4 is 11.9 Å². The van der Waals surface area contributed by atoms with Crippen LogP contribution in [0.25, 0.3) is 0 Å². The predicted molar refractivity (Wildman–Crippen MR) is 91.3 cm³/mol. The molecule has 0 aliphatic carbocycles. The van der Waals surface area contributed by atoms with Gasteiger partial charge in [-0.15, -0.1) is 0 Å². The van der Waals surface area contributed by atoms with E-state index >= 15 is 0 Å². The second-order valence-electron chi connectivity index (χ2n) is 6.25. The molecule has 0 bridgehead atoms. The highest BCUT2D eigenvalue weighted by atomic mass is 19.4. The minimum Gasteiger partial charge on any atom is -0.478 e. The lowest BCUT2D eigenvalue weighted by Gasteiger charge is -2.22. The number of carbonyl (C=O) groups is 2. The van der Waals surface area contributed by atoms with Crippen molar-refractivity contribution < 1.29 is 27.9 Å². The second-order valence-corrected chi connectivity index (χ2v) is 6.25. The standard InChI is InChI=1S/C18H20F3N3O3/c1-10-15(11(2)24(3)23-10)16(18(19,20)21)22-14(25)9-6-12-4-7-13(8-5-12)17(26)27/h4-5,7-8,16H,6,9H2,1-3H3,(H,22,25)(H,26,27). The molecule has 0 saturated heterocycles. The van der Waals surface area contributed by atoms with E-state index in [1.807, 2.05) is 0 Å². The number of rotatable bonds is 6. The van der Waals surface area contributed by atoms with Crippen LogP contribution in [-0.2, 0) is 18.3 Å². The predicted octanol–water partition coefficient (Wildman–Crippen LogP) is 3.09. The molecule has 1 unspecified atom stereocenters. The first-order valence-electron chi connectivity index (χ1n) is 8.19. The van der Waals surface area contributed by atoms with Gasteiger partial charge in [0.15, 0.2) is 6.04 Å². The van der Waals surface area contributed by atoms with Crippen molar-refractivity contribution in [1.82, 2.24) is 15.1 Å². The first-order valence-corrected chi connectivity index (χ1v) is 8.19. The number of aryl methyl sites for hydroxylation is 3. The smallest absolute Gasteiger partial charge is 0.413 e. The van der Waals surface area contributed by atoms with Crippen LogP contribution in [0.5, 0.6) is 0 Å². The van der Waals surface area contributed by atoms with E-state index in [1.54, 1.807) is 7.05 Å². The van der Waals surface area contributed by atoms with Crippen LogP contribution in [0.4, 0.5) is 13.2 Å². The summed E-state index contributed by atoms with van der Waals surface area (Å²) in [5, 5.41) is 14.9. The van der Waals surface area contributed by atoms with E-state index in [0.29, 0.717) is 11.3 Å². The molecule has 1 atom stereocenters. The second kappa shape index (κ2) is 7.81. The Balaban J connectivity index is 2.09. The monoisotopic (exact) mass is 383 g/mol. The highest BCUT2D eigenvalue weighted by Crippen LogP contribution is 2.35. The number of carbonyl (C=O) groups excluding carboxylic acids is 1. The van der Waals surface area contributed by atoms with Crippen LogP contribution in [0.3, 0.4) is 0 Å². The number of nitrogens with one attached hydrogen (secondary N) is 1.